The zero-order valence-corrected chi connectivity index (χ0v) is 13.3. The van der Waals surface area contributed by atoms with Crippen molar-refractivity contribution in [3.05, 3.63) is 42.5 Å². The minimum atomic E-state index is -3.65. The highest BCUT2D eigenvalue weighted by Gasteiger charge is 2.18. The first-order chi connectivity index (χ1) is 9.35. The Bertz CT molecular complexity index is 517. The van der Waals surface area contributed by atoms with E-state index in [1.807, 2.05) is 13.0 Å². The molecule has 0 fully saturated rings. The maximum Gasteiger partial charge on any atom is 0.297 e. The second kappa shape index (κ2) is 7.60. The Morgan fingerprint density at radius 2 is 1.80 bits per heavy atom. The first-order valence-corrected chi connectivity index (χ1v) is 8.38. The predicted molar refractivity (Wildman–Crippen MR) is 82.1 cm³/mol. The Labute approximate surface area is 122 Å². The molecule has 0 aliphatic heterocycles. The standard InChI is InChI=1S/C16H24O3S/c1-5-13(2)7-6-8-15(4)19-20(17,18)16-11-9-14(3)10-12-16/h5,9-13,15H,1,6-8H2,2-4H3/t13?,15-/m1/s1. The number of benzene rings is 1. The summed E-state index contributed by atoms with van der Waals surface area (Å²) in [5.74, 6) is 0.455. The van der Waals surface area contributed by atoms with E-state index in [0.29, 0.717) is 5.92 Å². The summed E-state index contributed by atoms with van der Waals surface area (Å²) in [5, 5.41) is 0. The van der Waals surface area contributed by atoms with Crippen LogP contribution in [-0.2, 0) is 14.3 Å². The Morgan fingerprint density at radius 3 is 2.35 bits per heavy atom. The van der Waals surface area contributed by atoms with Gasteiger partial charge in [-0.2, -0.15) is 8.42 Å². The van der Waals surface area contributed by atoms with E-state index < -0.39 is 10.1 Å². The van der Waals surface area contributed by atoms with Gasteiger partial charge in [-0.1, -0.05) is 37.1 Å². The first kappa shape index (κ1) is 16.9. The molecule has 0 spiro atoms. The quantitative estimate of drug-likeness (QED) is 0.536. The lowest BCUT2D eigenvalue weighted by Gasteiger charge is -2.14. The molecule has 3 nitrogen and oxygen atoms in total. The average Bonchev–Trinajstić information content (AvgIpc) is 2.38. The molecule has 112 valence electrons. The maximum absolute atomic E-state index is 12.1. The van der Waals surface area contributed by atoms with Crippen molar-refractivity contribution in [3.63, 3.8) is 0 Å². The van der Waals surface area contributed by atoms with Crippen LogP contribution in [0.1, 0.15) is 38.7 Å². The molecule has 0 heterocycles. The van der Waals surface area contributed by atoms with E-state index in [9.17, 15) is 8.42 Å². The van der Waals surface area contributed by atoms with E-state index in [-0.39, 0.29) is 11.0 Å². The van der Waals surface area contributed by atoms with Crippen LogP contribution in [0.3, 0.4) is 0 Å². The van der Waals surface area contributed by atoms with Crippen molar-refractivity contribution in [3.8, 4) is 0 Å². The van der Waals surface area contributed by atoms with Crippen LogP contribution in [0.5, 0.6) is 0 Å². The Morgan fingerprint density at radius 1 is 1.20 bits per heavy atom. The molecular formula is C16H24O3S. The van der Waals surface area contributed by atoms with Gasteiger partial charge in [-0.3, -0.25) is 4.18 Å². The number of rotatable bonds is 8. The summed E-state index contributed by atoms with van der Waals surface area (Å²) in [4.78, 5) is 0.217. The third kappa shape index (κ3) is 5.47. The van der Waals surface area contributed by atoms with Crippen molar-refractivity contribution in [2.24, 2.45) is 5.92 Å². The highest BCUT2D eigenvalue weighted by Crippen LogP contribution is 2.18. The van der Waals surface area contributed by atoms with E-state index in [4.69, 9.17) is 4.18 Å². The zero-order valence-electron chi connectivity index (χ0n) is 12.5. The molecule has 0 radical (unpaired) electrons. The second-order valence-corrected chi connectivity index (χ2v) is 6.89. The molecule has 0 saturated carbocycles. The van der Waals surface area contributed by atoms with Crippen LogP contribution in [0.15, 0.2) is 41.8 Å². The molecule has 0 bridgehead atoms. The lowest BCUT2D eigenvalue weighted by Crippen LogP contribution is -2.15. The summed E-state index contributed by atoms with van der Waals surface area (Å²) in [6, 6.07) is 6.70. The predicted octanol–water partition coefficient (Wildman–Crippen LogP) is 4.08. The first-order valence-electron chi connectivity index (χ1n) is 6.97. The molecule has 20 heavy (non-hydrogen) atoms. The third-order valence-corrected chi connectivity index (χ3v) is 4.70. The second-order valence-electron chi connectivity index (χ2n) is 5.32. The fourth-order valence-electron chi connectivity index (χ4n) is 1.87. The maximum atomic E-state index is 12.1. The molecule has 0 aliphatic carbocycles. The van der Waals surface area contributed by atoms with E-state index in [0.717, 1.165) is 24.8 Å². The minimum absolute atomic E-state index is 0.217. The van der Waals surface area contributed by atoms with Crippen molar-refractivity contribution < 1.29 is 12.6 Å². The van der Waals surface area contributed by atoms with Gasteiger partial charge in [-0.05, 0) is 44.7 Å². The van der Waals surface area contributed by atoms with E-state index in [2.05, 4.69) is 13.5 Å². The summed E-state index contributed by atoms with van der Waals surface area (Å²) in [7, 11) is -3.65. The van der Waals surface area contributed by atoms with Crippen molar-refractivity contribution in [1.29, 1.82) is 0 Å². The summed E-state index contributed by atoms with van der Waals surface area (Å²) in [6.45, 7) is 9.55. The number of hydrogen-bond acceptors (Lipinski definition) is 3. The van der Waals surface area contributed by atoms with Crippen LogP contribution >= 0.6 is 0 Å². The summed E-state index contributed by atoms with van der Waals surface area (Å²) < 4.78 is 29.4. The number of allylic oxidation sites excluding steroid dienone is 1. The van der Waals surface area contributed by atoms with Crippen molar-refractivity contribution in [2.75, 3.05) is 0 Å². The normalized spacial score (nSPS) is 14.8. The smallest absolute Gasteiger partial charge is 0.263 e. The molecule has 1 rings (SSSR count). The molecule has 1 aromatic rings. The van der Waals surface area contributed by atoms with Crippen LogP contribution < -0.4 is 0 Å². The Kier molecular flexibility index (Phi) is 6.43. The highest BCUT2D eigenvalue weighted by molar-refractivity contribution is 7.86. The molecule has 0 aliphatic rings. The fraction of sp³-hybridized carbons (Fsp3) is 0.500. The van der Waals surface area contributed by atoms with Crippen molar-refractivity contribution in [2.45, 2.75) is 51.0 Å². The van der Waals surface area contributed by atoms with Gasteiger partial charge in [0.25, 0.3) is 10.1 Å². The SMILES string of the molecule is C=CC(C)CCC[C@@H](C)OS(=O)(=O)c1ccc(C)cc1. The topological polar surface area (TPSA) is 43.4 Å². The molecule has 1 aromatic carbocycles. The lowest BCUT2D eigenvalue weighted by atomic mass is 10.0. The van der Waals surface area contributed by atoms with Crippen molar-refractivity contribution >= 4 is 10.1 Å². The molecule has 0 amide bonds. The van der Waals surface area contributed by atoms with Gasteiger partial charge in [0.2, 0.25) is 0 Å². The van der Waals surface area contributed by atoms with Crippen LogP contribution in [-0.4, -0.2) is 14.5 Å². The van der Waals surface area contributed by atoms with Gasteiger partial charge in [0.05, 0.1) is 11.0 Å². The largest absolute Gasteiger partial charge is 0.297 e. The van der Waals surface area contributed by atoms with E-state index in [1.165, 1.54) is 0 Å². The summed E-state index contributed by atoms with van der Waals surface area (Å²) in [6.07, 6.45) is 4.26. The molecule has 4 heteroatoms. The van der Waals surface area contributed by atoms with E-state index in [1.54, 1.807) is 31.2 Å². The molecular weight excluding hydrogens is 272 g/mol. The fourth-order valence-corrected chi connectivity index (χ4v) is 2.98. The minimum Gasteiger partial charge on any atom is -0.263 e. The van der Waals surface area contributed by atoms with E-state index >= 15 is 0 Å². The number of hydrogen-bond donors (Lipinski definition) is 0. The van der Waals surface area contributed by atoms with Crippen LogP contribution in [0.4, 0.5) is 0 Å². The van der Waals surface area contributed by atoms with Gasteiger partial charge in [-0.15, -0.1) is 6.58 Å². The van der Waals surface area contributed by atoms with Crippen molar-refractivity contribution in [1.82, 2.24) is 0 Å². The lowest BCUT2D eigenvalue weighted by molar-refractivity contribution is 0.212. The zero-order chi connectivity index (χ0) is 15.2. The molecule has 1 unspecified atom stereocenters. The van der Waals surface area contributed by atoms with Gasteiger partial charge < -0.3 is 0 Å². The summed E-state index contributed by atoms with van der Waals surface area (Å²) in [5.41, 5.74) is 1.02. The third-order valence-electron chi connectivity index (χ3n) is 3.27. The molecule has 0 aromatic heterocycles. The Balaban J connectivity index is 2.53. The van der Waals surface area contributed by atoms with Crippen LogP contribution in [0, 0.1) is 12.8 Å². The van der Waals surface area contributed by atoms with Crippen LogP contribution in [0.25, 0.3) is 0 Å². The van der Waals surface area contributed by atoms with Gasteiger partial charge in [-0.25, -0.2) is 0 Å². The van der Waals surface area contributed by atoms with Crippen LogP contribution in [0.2, 0.25) is 0 Å². The molecule has 2 atom stereocenters. The van der Waals surface area contributed by atoms with Gasteiger partial charge in [0.15, 0.2) is 0 Å². The van der Waals surface area contributed by atoms with Gasteiger partial charge in [0, 0.05) is 0 Å². The Hall–Kier alpha value is -1.13. The highest BCUT2D eigenvalue weighted by atomic mass is 32.2. The molecule has 0 N–H and O–H groups in total. The molecule has 0 saturated heterocycles. The average molecular weight is 296 g/mol. The van der Waals surface area contributed by atoms with Gasteiger partial charge >= 0.3 is 0 Å². The monoisotopic (exact) mass is 296 g/mol. The summed E-state index contributed by atoms with van der Waals surface area (Å²) >= 11 is 0. The van der Waals surface area contributed by atoms with Gasteiger partial charge in [0.1, 0.15) is 0 Å². The number of aryl methyl sites for hydroxylation is 1.